The highest BCUT2D eigenvalue weighted by Gasteiger charge is 2.14. The Labute approximate surface area is 80.1 Å². The first-order valence-corrected chi connectivity index (χ1v) is 4.64. The zero-order chi connectivity index (χ0) is 9.84. The van der Waals surface area contributed by atoms with Crippen LogP contribution in [-0.4, -0.2) is 26.4 Å². The largest absolute Gasteiger partial charge is 0.476 e. The van der Waals surface area contributed by atoms with Gasteiger partial charge in [-0.1, -0.05) is 13.8 Å². The highest BCUT2D eigenvalue weighted by atomic mass is 32.1. The molecule has 72 valence electrons. The van der Waals surface area contributed by atoms with Crippen LogP contribution in [0.2, 0.25) is 0 Å². The van der Waals surface area contributed by atoms with E-state index < -0.39 is 5.97 Å². The molecule has 0 radical (unpaired) electrons. The van der Waals surface area contributed by atoms with E-state index in [1.807, 2.05) is 13.8 Å². The van der Waals surface area contributed by atoms with Gasteiger partial charge in [-0.2, -0.15) is 8.75 Å². The Kier molecular flexibility index (Phi) is 3.18. The van der Waals surface area contributed by atoms with Crippen LogP contribution in [0, 0.1) is 5.92 Å². The van der Waals surface area contributed by atoms with Crippen molar-refractivity contribution in [2.24, 2.45) is 5.92 Å². The molecule has 0 saturated heterocycles. The molecule has 0 saturated carbocycles. The second-order valence-electron chi connectivity index (χ2n) is 3.04. The van der Waals surface area contributed by atoms with Crippen LogP contribution in [0.25, 0.3) is 0 Å². The van der Waals surface area contributed by atoms with E-state index in [1.165, 1.54) is 0 Å². The number of anilines is 1. The summed E-state index contributed by atoms with van der Waals surface area (Å²) in [6, 6.07) is 0. The first-order valence-electron chi connectivity index (χ1n) is 3.91. The lowest BCUT2D eigenvalue weighted by molar-refractivity contribution is 0.0693. The highest BCUT2D eigenvalue weighted by Crippen LogP contribution is 2.12. The van der Waals surface area contributed by atoms with Crippen molar-refractivity contribution in [3.8, 4) is 0 Å². The van der Waals surface area contributed by atoms with E-state index in [0.717, 1.165) is 11.7 Å². The van der Waals surface area contributed by atoms with Gasteiger partial charge in [-0.05, 0) is 5.92 Å². The summed E-state index contributed by atoms with van der Waals surface area (Å²) in [5.41, 5.74) is 0.00523. The number of hydrogen-bond acceptors (Lipinski definition) is 5. The third-order valence-corrected chi connectivity index (χ3v) is 1.90. The van der Waals surface area contributed by atoms with Crippen molar-refractivity contribution in [2.75, 3.05) is 11.9 Å². The molecule has 0 fully saturated rings. The molecule has 0 atom stereocenters. The molecule has 0 unspecified atom stereocenters. The van der Waals surface area contributed by atoms with Gasteiger partial charge >= 0.3 is 5.97 Å². The van der Waals surface area contributed by atoms with E-state index in [-0.39, 0.29) is 5.69 Å². The van der Waals surface area contributed by atoms with E-state index in [1.54, 1.807) is 0 Å². The lowest BCUT2D eigenvalue weighted by Crippen LogP contribution is -2.11. The molecule has 0 aliphatic rings. The average molecular weight is 201 g/mol. The van der Waals surface area contributed by atoms with Crippen molar-refractivity contribution in [2.45, 2.75) is 13.8 Å². The number of aromatic carboxylic acids is 1. The van der Waals surface area contributed by atoms with Crippen molar-refractivity contribution < 1.29 is 9.90 Å². The van der Waals surface area contributed by atoms with Crippen molar-refractivity contribution in [3.05, 3.63) is 5.69 Å². The summed E-state index contributed by atoms with van der Waals surface area (Å²) in [6.07, 6.45) is 0. The van der Waals surface area contributed by atoms with Gasteiger partial charge in [0.1, 0.15) is 0 Å². The second kappa shape index (κ2) is 4.18. The van der Waals surface area contributed by atoms with Gasteiger partial charge in [0.25, 0.3) is 0 Å². The van der Waals surface area contributed by atoms with Crippen LogP contribution in [0.15, 0.2) is 0 Å². The van der Waals surface area contributed by atoms with E-state index >= 15 is 0 Å². The van der Waals surface area contributed by atoms with Gasteiger partial charge in [0.2, 0.25) is 5.69 Å². The summed E-state index contributed by atoms with van der Waals surface area (Å²) >= 11 is 0.903. The van der Waals surface area contributed by atoms with Gasteiger partial charge in [-0.15, -0.1) is 0 Å². The molecule has 0 aliphatic heterocycles. The van der Waals surface area contributed by atoms with E-state index in [9.17, 15) is 4.79 Å². The van der Waals surface area contributed by atoms with Gasteiger partial charge in [-0.3, -0.25) is 0 Å². The fourth-order valence-corrected chi connectivity index (χ4v) is 1.27. The quantitative estimate of drug-likeness (QED) is 0.768. The maximum Gasteiger partial charge on any atom is 0.359 e. The maximum absolute atomic E-state index is 10.6. The highest BCUT2D eigenvalue weighted by molar-refractivity contribution is 6.99. The zero-order valence-electron chi connectivity index (χ0n) is 7.44. The molecular formula is C7H11N3O2S. The minimum atomic E-state index is -1.04. The molecule has 2 N–H and O–H groups in total. The number of rotatable bonds is 4. The van der Waals surface area contributed by atoms with Crippen molar-refractivity contribution in [3.63, 3.8) is 0 Å². The minimum Gasteiger partial charge on any atom is -0.476 e. The molecule has 5 nitrogen and oxygen atoms in total. The third kappa shape index (κ3) is 2.66. The third-order valence-electron chi connectivity index (χ3n) is 1.37. The molecule has 1 rings (SSSR count). The van der Waals surface area contributed by atoms with Crippen LogP contribution in [0.5, 0.6) is 0 Å². The number of nitrogens with one attached hydrogen (secondary N) is 1. The fourth-order valence-electron chi connectivity index (χ4n) is 0.746. The molecule has 0 bridgehead atoms. The molecule has 1 aromatic rings. The molecule has 1 aromatic heterocycles. The number of nitrogens with zero attached hydrogens (tertiary/aromatic N) is 2. The molecule has 0 amide bonds. The summed E-state index contributed by atoms with van der Waals surface area (Å²) in [5, 5.41) is 11.6. The molecule has 13 heavy (non-hydrogen) atoms. The van der Waals surface area contributed by atoms with E-state index in [4.69, 9.17) is 5.11 Å². The predicted molar refractivity (Wildman–Crippen MR) is 50.2 cm³/mol. The Hall–Kier alpha value is -1.17. The van der Waals surface area contributed by atoms with Crippen LogP contribution in [0.4, 0.5) is 5.82 Å². The van der Waals surface area contributed by atoms with Crippen LogP contribution in [0.3, 0.4) is 0 Å². The Morgan fingerprint density at radius 2 is 2.31 bits per heavy atom. The lowest BCUT2D eigenvalue weighted by Gasteiger charge is -2.05. The summed E-state index contributed by atoms with van der Waals surface area (Å²) in [4.78, 5) is 10.6. The smallest absolute Gasteiger partial charge is 0.359 e. The monoisotopic (exact) mass is 201 g/mol. The fraction of sp³-hybridized carbons (Fsp3) is 0.571. The number of hydrogen-bond donors (Lipinski definition) is 2. The summed E-state index contributed by atoms with van der Waals surface area (Å²) in [7, 11) is 0. The Bertz CT molecular complexity index is 298. The van der Waals surface area contributed by atoms with Crippen LogP contribution in [-0.2, 0) is 0 Å². The van der Waals surface area contributed by atoms with Crippen molar-refractivity contribution in [1.82, 2.24) is 8.75 Å². The number of carbonyl (C=O) groups is 1. The second-order valence-corrected chi connectivity index (χ2v) is 3.57. The standard InChI is InChI=1S/C7H11N3O2S/c1-4(2)3-8-6-5(7(11)12)9-13-10-6/h4H,3H2,1-2H3,(H,8,10)(H,11,12). The minimum absolute atomic E-state index is 0.00523. The SMILES string of the molecule is CC(C)CNc1nsnc1C(=O)O. The molecule has 0 spiro atoms. The number of carboxylic acid groups (broad SMARTS) is 1. The van der Waals surface area contributed by atoms with Gasteiger partial charge in [0, 0.05) is 6.54 Å². The van der Waals surface area contributed by atoms with Gasteiger partial charge in [-0.25, -0.2) is 4.79 Å². The van der Waals surface area contributed by atoms with Gasteiger partial charge < -0.3 is 10.4 Å². The van der Waals surface area contributed by atoms with E-state index in [0.29, 0.717) is 18.3 Å². The first-order chi connectivity index (χ1) is 6.11. The van der Waals surface area contributed by atoms with E-state index in [2.05, 4.69) is 14.1 Å². The molecule has 0 aliphatic carbocycles. The molecule has 6 heteroatoms. The van der Waals surface area contributed by atoms with Crippen LogP contribution in [0.1, 0.15) is 24.3 Å². The van der Waals surface area contributed by atoms with Crippen LogP contribution >= 0.6 is 11.7 Å². The normalized spacial score (nSPS) is 10.4. The molecule has 0 aromatic carbocycles. The predicted octanol–water partition coefficient (Wildman–Crippen LogP) is 1.30. The Morgan fingerprint density at radius 3 is 2.85 bits per heavy atom. The van der Waals surface area contributed by atoms with Crippen molar-refractivity contribution in [1.29, 1.82) is 0 Å². The lowest BCUT2D eigenvalue weighted by atomic mass is 10.2. The topological polar surface area (TPSA) is 75.1 Å². The average Bonchev–Trinajstić information content (AvgIpc) is 2.47. The Morgan fingerprint density at radius 1 is 1.62 bits per heavy atom. The Balaban J connectivity index is 2.65. The van der Waals surface area contributed by atoms with Crippen molar-refractivity contribution >= 4 is 23.5 Å². The number of aromatic nitrogens is 2. The summed E-state index contributed by atoms with van der Waals surface area (Å²) in [5.74, 6) is -0.227. The maximum atomic E-state index is 10.6. The van der Waals surface area contributed by atoms with Gasteiger partial charge in [0.15, 0.2) is 5.82 Å². The van der Waals surface area contributed by atoms with Crippen LogP contribution < -0.4 is 5.32 Å². The molecular weight excluding hydrogens is 190 g/mol. The first kappa shape index (κ1) is 9.91. The van der Waals surface area contributed by atoms with Gasteiger partial charge in [0.05, 0.1) is 11.7 Å². The summed E-state index contributed by atoms with van der Waals surface area (Å²) < 4.78 is 7.51. The molecule has 1 heterocycles. The summed E-state index contributed by atoms with van der Waals surface area (Å²) in [6.45, 7) is 4.77. The zero-order valence-corrected chi connectivity index (χ0v) is 8.26. The number of carboxylic acids is 1.